The largest absolute Gasteiger partial charge is 0.381 e. The standard InChI is InChI=1S/C14H27N3O3.ClH/c1-4-9(2)16-13(18)10(3)17-14(19)12(15)11-5-7-20-8-6-11;/h9-12H,4-8,15H2,1-3H3,(H,16,18)(H,17,19);1H. The van der Waals surface area contributed by atoms with Crippen molar-refractivity contribution in [3.05, 3.63) is 0 Å². The highest BCUT2D eigenvalue weighted by atomic mass is 35.5. The van der Waals surface area contributed by atoms with Gasteiger partial charge in [-0.05, 0) is 39.0 Å². The second-order valence-electron chi connectivity index (χ2n) is 5.52. The van der Waals surface area contributed by atoms with E-state index in [0.29, 0.717) is 13.2 Å². The van der Waals surface area contributed by atoms with Gasteiger partial charge in [0.1, 0.15) is 6.04 Å². The molecule has 6 nitrogen and oxygen atoms in total. The van der Waals surface area contributed by atoms with E-state index in [1.54, 1.807) is 6.92 Å². The SMILES string of the molecule is CCC(C)NC(=O)C(C)NC(=O)C(N)C1CCOCC1.Cl. The third kappa shape index (κ3) is 6.63. The number of ether oxygens (including phenoxy) is 1. The highest BCUT2D eigenvalue weighted by Gasteiger charge is 2.28. The summed E-state index contributed by atoms with van der Waals surface area (Å²) in [4.78, 5) is 23.9. The highest BCUT2D eigenvalue weighted by Crippen LogP contribution is 2.17. The van der Waals surface area contributed by atoms with Gasteiger partial charge in [-0.2, -0.15) is 0 Å². The van der Waals surface area contributed by atoms with Gasteiger partial charge in [0.05, 0.1) is 6.04 Å². The van der Waals surface area contributed by atoms with Crippen molar-refractivity contribution in [2.45, 2.75) is 58.2 Å². The molecule has 0 bridgehead atoms. The van der Waals surface area contributed by atoms with Crippen molar-refractivity contribution in [1.29, 1.82) is 0 Å². The molecule has 7 heteroatoms. The van der Waals surface area contributed by atoms with E-state index in [4.69, 9.17) is 10.5 Å². The number of carbonyl (C=O) groups excluding carboxylic acids is 2. The van der Waals surface area contributed by atoms with Gasteiger partial charge in [-0.1, -0.05) is 6.92 Å². The van der Waals surface area contributed by atoms with Crippen molar-refractivity contribution in [2.75, 3.05) is 13.2 Å². The second-order valence-corrected chi connectivity index (χ2v) is 5.52. The molecule has 2 amide bonds. The van der Waals surface area contributed by atoms with Crippen LogP contribution in [0.25, 0.3) is 0 Å². The van der Waals surface area contributed by atoms with Crippen LogP contribution in [0.3, 0.4) is 0 Å². The Morgan fingerprint density at radius 3 is 2.29 bits per heavy atom. The Kier molecular flexibility index (Phi) is 9.57. The molecular weight excluding hydrogens is 294 g/mol. The minimum Gasteiger partial charge on any atom is -0.381 e. The number of amides is 2. The lowest BCUT2D eigenvalue weighted by atomic mass is 9.91. The van der Waals surface area contributed by atoms with E-state index in [2.05, 4.69) is 10.6 Å². The van der Waals surface area contributed by atoms with Crippen LogP contribution in [0.4, 0.5) is 0 Å². The predicted octanol–water partition coefficient (Wildman–Crippen LogP) is 0.582. The van der Waals surface area contributed by atoms with Crippen LogP contribution in [0.1, 0.15) is 40.0 Å². The van der Waals surface area contributed by atoms with Crippen LogP contribution in [0.5, 0.6) is 0 Å². The summed E-state index contributed by atoms with van der Waals surface area (Å²) in [5, 5.41) is 5.53. The molecule has 1 fully saturated rings. The first-order valence-electron chi connectivity index (χ1n) is 7.39. The summed E-state index contributed by atoms with van der Waals surface area (Å²) >= 11 is 0. The highest BCUT2D eigenvalue weighted by molar-refractivity contribution is 5.89. The summed E-state index contributed by atoms with van der Waals surface area (Å²) in [6.45, 7) is 6.90. The number of nitrogens with one attached hydrogen (secondary N) is 2. The van der Waals surface area contributed by atoms with Crippen LogP contribution in [0.2, 0.25) is 0 Å². The van der Waals surface area contributed by atoms with E-state index < -0.39 is 12.1 Å². The monoisotopic (exact) mass is 321 g/mol. The molecule has 21 heavy (non-hydrogen) atoms. The molecule has 124 valence electrons. The van der Waals surface area contributed by atoms with E-state index in [9.17, 15) is 9.59 Å². The zero-order valence-corrected chi connectivity index (χ0v) is 13.9. The lowest BCUT2D eigenvalue weighted by molar-refractivity contribution is -0.130. The normalized spacial score (nSPS) is 19.8. The van der Waals surface area contributed by atoms with Crippen molar-refractivity contribution in [1.82, 2.24) is 10.6 Å². The van der Waals surface area contributed by atoms with E-state index in [0.717, 1.165) is 19.3 Å². The van der Waals surface area contributed by atoms with Crippen LogP contribution in [-0.4, -0.2) is 43.2 Å². The van der Waals surface area contributed by atoms with Crippen molar-refractivity contribution < 1.29 is 14.3 Å². The lowest BCUT2D eigenvalue weighted by Crippen LogP contribution is -2.53. The molecule has 4 N–H and O–H groups in total. The summed E-state index contributed by atoms with van der Waals surface area (Å²) in [7, 11) is 0. The molecule has 0 spiro atoms. The van der Waals surface area contributed by atoms with Gasteiger partial charge in [0.2, 0.25) is 11.8 Å². The fourth-order valence-corrected chi connectivity index (χ4v) is 2.13. The molecule has 3 atom stereocenters. The molecular formula is C14H28ClN3O3. The van der Waals surface area contributed by atoms with Crippen LogP contribution in [0.15, 0.2) is 0 Å². The molecule has 1 aliphatic rings. The van der Waals surface area contributed by atoms with E-state index in [1.165, 1.54) is 0 Å². The maximum absolute atomic E-state index is 12.1. The first-order chi connectivity index (χ1) is 9.45. The Labute approximate surface area is 133 Å². The number of hydrogen-bond acceptors (Lipinski definition) is 4. The topological polar surface area (TPSA) is 93.5 Å². The average molecular weight is 322 g/mol. The first kappa shape index (κ1) is 20.1. The maximum atomic E-state index is 12.1. The van der Waals surface area contributed by atoms with E-state index in [-0.39, 0.29) is 36.2 Å². The summed E-state index contributed by atoms with van der Waals surface area (Å²) in [6.07, 6.45) is 2.44. The third-order valence-electron chi connectivity index (χ3n) is 3.83. The van der Waals surface area contributed by atoms with Crippen molar-refractivity contribution in [2.24, 2.45) is 11.7 Å². The number of hydrogen-bond donors (Lipinski definition) is 3. The Hall–Kier alpha value is -0.850. The molecule has 0 saturated carbocycles. The summed E-state index contributed by atoms with van der Waals surface area (Å²) in [5.41, 5.74) is 5.97. The Morgan fingerprint density at radius 2 is 1.76 bits per heavy atom. The fraction of sp³-hybridized carbons (Fsp3) is 0.857. The van der Waals surface area contributed by atoms with Crippen molar-refractivity contribution in [3.8, 4) is 0 Å². The van der Waals surface area contributed by atoms with Crippen LogP contribution < -0.4 is 16.4 Å². The minimum atomic E-state index is -0.572. The number of halogens is 1. The molecule has 0 aliphatic carbocycles. The van der Waals surface area contributed by atoms with Gasteiger partial charge >= 0.3 is 0 Å². The molecule has 3 unspecified atom stereocenters. The Morgan fingerprint density at radius 1 is 1.19 bits per heavy atom. The Balaban J connectivity index is 0.00000400. The minimum absolute atomic E-state index is 0. The van der Waals surface area contributed by atoms with Gasteiger partial charge in [-0.3, -0.25) is 9.59 Å². The lowest BCUT2D eigenvalue weighted by Gasteiger charge is -2.27. The van der Waals surface area contributed by atoms with E-state index >= 15 is 0 Å². The fourth-order valence-electron chi connectivity index (χ4n) is 2.13. The van der Waals surface area contributed by atoms with E-state index in [1.807, 2.05) is 13.8 Å². The first-order valence-corrected chi connectivity index (χ1v) is 7.39. The van der Waals surface area contributed by atoms with Gasteiger partial charge < -0.3 is 21.1 Å². The van der Waals surface area contributed by atoms with Gasteiger partial charge in [0, 0.05) is 19.3 Å². The molecule has 0 aromatic heterocycles. The molecule has 0 aromatic carbocycles. The van der Waals surface area contributed by atoms with Gasteiger partial charge in [-0.25, -0.2) is 0 Å². The molecule has 1 heterocycles. The quantitative estimate of drug-likeness (QED) is 0.667. The zero-order valence-electron chi connectivity index (χ0n) is 13.1. The Bertz CT molecular complexity index is 335. The zero-order chi connectivity index (χ0) is 15.1. The second kappa shape index (κ2) is 9.97. The van der Waals surface area contributed by atoms with Crippen molar-refractivity contribution >= 4 is 24.2 Å². The number of nitrogens with two attached hydrogens (primary N) is 1. The summed E-state index contributed by atoms with van der Waals surface area (Å²) < 4.78 is 5.25. The van der Waals surface area contributed by atoms with Crippen LogP contribution in [0, 0.1) is 5.92 Å². The maximum Gasteiger partial charge on any atom is 0.242 e. The molecule has 1 saturated heterocycles. The molecule has 1 rings (SSSR count). The molecule has 0 radical (unpaired) electrons. The molecule has 0 aromatic rings. The number of rotatable bonds is 6. The summed E-state index contributed by atoms with van der Waals surface area (Å²) in [5.74, 6) is -0.302. The van der Waals surface area contributed by atoms with Gasteiger partial charge in [-0.15, -0.1) is 12.4 Å². The smallest absolute Gasteiger partial charge is 0.242 e. The van der Waals surface area contributed by atoms with Crippen LogP contribution in [-0.2, 0) is 14.3 Å². The summed E-state index contributed by atoms with van der Waals surface area (Å²) in [6, 6.07) is -1.04. The van der Waals surface area contributed by atoms with Gasteiger partial charge in [0.15, 0.2) is 0 Å². The predicted molar refractivity (Wildman–Crippen MR) is 84.3 cm³/mol. The van der Waals surface area contributed by atoms with Crippen LogP contribution >= 0.6 is 12.4 Å². The van der Waals surface area contributed by atoms with Gasteiger partial charge in [0.25, 0.3) is 0 Å². The number of carbonyl (C=O) groups is 2. The van der Waals surface area contributed by atoms with Crippen molar-refractivity contribution in [3.63, 3.8) is 0 Å². The molecule has 1 aliphatic heterocycles. The third-order valence-corrected chi connectivity index (χ3v) is 3.83. The average Bonchev–Trinajstić information content (AvgIpc) is 2.46.